The van der Waals surface area contributed by atoms with Crippen LogP contribution in [0.25, 0.3) is 11.3 Å². The van der Waals surface area contributed by atoms with Gasteiger partial charge in [-0.05, 0) is 13.0 Å². The van der Waals surface area contributed by atoms with Crippen LogP contribution in [0.2, 0.25) is 0 Å². The van der Waals surface area contributed by atoms with Crippen LogP contribution in [0.15, 0.2) is 40.9 Å². The number of carbonyl (C=O) groups is 1. The summed E-state index contributed by atoms with van der Waals surface area (Å²) in [5.74, 6) is 0.173. The van der Waals surface area contributed by atoms with Gasteiger partial charge in [0.15, 0.2) is 0 Å². The Bertz CT molecular complexity index is 588. The Balaban J connectivity index is 1.78. The van der Waals surface area contributed by atoms with Gasteiger partial charge in [-0.3, -0.25) is 4.79 Å². The second-order valence-electron chi connectivity index (χ2n) is 5.01. The molecule has 5 nitrogen and oxygen atoms in total. The molecule has 1 aromatic carbocycles. The van der Waals surface area contributed by atoms with Gasteiger partial charge in [-0.15, -0.1) is 0 Å². The Kier molecular flexibility index (Phi) is 3.52. The molecule has 1 fully saturated rings. The SMILES string of the molecule is CN(C(=O)c1cc(-c2ccccc2)no1)C1CCNC1. The van der Waals surface area contributed by atoms with E-state index in [2.05, 4.69) is 10.5 Å². The van der Waals surface area contributed by atoms with Gasteiger partial charge in [-0.2, -0.15) is 0 Å². The highest BCUT2D eigenvalue weighted by molar-refractivity contribution is 5.92. The number of benzene rings is 1. The third kappa shape index (κ3) is 2.44. The van der Waals surface area contributed by atoms with Gasteiger partial charge in [0.2, 0.25) is 5.76 Å². The standard InChI is InChI=1S/C15H17N3O2/c1-18(12-7-8-16-10-12)15(19)14-9-13(17-20-14)11-5-3-2-4-6-11/h2-6,9,12,16H,7-8,10H2,1H3. The summed E-state index contributed by atoms with van der Waals surface area (Å²) < 4.78 is 5.20. The van der Waals surface area contributed by atoms with Crippen molar-refractivity contribution in [1.82, 2.24) is 15.4 Å². The Hall–Kier alpha value is -2.14. The minimum absolute atomic E-state index is 0.117. The number of likely N-dealkylation sites (N-methyl/N-ethyl adjacent to an activating group) is 1. The monoisotopic (exact) mass is 271 g/mol. The van der Waals surface area contributed by atoms with Gasteiger partial charge in [0, 0.05) is 31.3 Å². The first kappa shape index (κ1) is 12.9. The summed E-state index contributed by atoms with van der Waals surface area (Å²) in [6.07, 6.45) is 0.974. The van der Waals surface area contributed by atoms with E-state index in [1.807, 2.05) is 37.4 Å². The van der Waals surface area contributed by atoms with E-state index in [1.165, 1.54) is 0 Å². The van der Waals surface area contributed by atoms with Crippen LogP contribution in [0.4, 0.5) is 0 Å². The molecule has 0 spiro atoms. The lowest BCUT2D eigenvalue weighted by atomic mass is 10.1. The van der Waals surface area contributed by atoms with Crippen molar-refractivity contribution in [2.24, 2.45) is 0 Å². The third-order valence-corrected chi connectivity index (χ3v) is 3.69. The Morgan fingerprint density at radius 3 is 2.90 bits per heavy atom. The predicted octanol–water partition coefficient (Wildman–Crippen LogP) is 1.78. The van der Waals surface area contributed by atoms with E-state index in [-0.39, 0.29) is 11.9 Å². The van der Waals surface area contributed by atoms with E-state index in [0.29, 0.717) is 11.5 Å². The molecule has 20 heavy (non-hydrogen) atoms. The fourth-order valence-electron chi connectivity index (χ4n) is 2.43. The van der Waals surface area contributed by atoms with Gasteiger partial charge < -0.3 is 14.7 Å². The minimum atomic E-state index is -0.117. The zero-order valence-corrected chi connectivity index (χ0v) is 11.4. The van der Waals surface area contributed by atoms with E-state index in [9.17, 15) is 4.79 Å². The Labute approximate surface area is 117 Å². The van der Waals surface area contributed by atoms with Gasteiger partial charge in [0.1, 0.15) is 5.69 Å². The van der Waals surface area contributed by atoms with Crippen molar-refractivity contribution in [3.05, 3.63) is 42.2 Å². The molecule has 1 amide bonds. The molecule has 0 radical (unpaired) electrons. The molecule has 1 unspecified atom stereocenters. The maximum absolute atomic E-state index is 12.3. The Morgan fingerprint density at radius 2 is 2.20 bits per heavy atom. The smallest absolute Gasteiger partial charge is 0.292 e. The second kappa shape index (κ2) is 5.46. The van der Waals surface area contributed by atoms with Gasteiger partial charge in [0.05, 0.1) is 0 Å². The molecule has 1 saturated heterocycles. The molecule has 5 heteroatoms. The molecule has 1 aliphatic heterocycles. The van der Waals surface area contributed by atoms with Crippen molar-refractivity contribution in [2.45, 2.75) is 12.5 Å². The van der Waals surface area contributed by atoms with Crippen LogP contribution in [0.1, 0.15) is 17.0 Å². The molecule has 104 valence electrons. The summed E-state index contributed by atoms with van der Waals surface area (Å²) in [6, 6.07) is 11.6. The fraction of sp³-hybridized carbons (Fsp3) is 0.333. The highest BCUT2D eigenvalue weighted by Gasteiger charge is 2.26. The van der Waals surface area contributed by atoms with Gasteiger partial charge >= 0.3 is 0 Å². The van der Waals surface area contributed by atoms with Crippen LogP contribution in [0.5, 0.6) is 0 Å². The summed E-state index contributed by atoms with van der Waals surface area (Å²) in [4.78, 5) is 14.1. The largest absolute Gasteiger partial charge is 0.350 e. The second-order valence-corrected chi connectivity index (χ2v) is 5.01. The quantitative estimate of drug-likeness (QED) is 0.924. The van der Waals surface area contributed by atoms with E-state index < -0.39 is 0 Å². The van der Waals surface area contributed by atoms with Crippen molar-refractivity contribution in [3.8, 4) is 11.3 Å². The topological polar surface area (TPSA) is 58.4 Å². The number of nitrogens with one attached hydrogen (secondary N) is 1. The lowest BCUT2D eigenvalue weighted by molar-refractivity contribution is 0.0702. The highest BCUT2D eigenvalue weighted by Crippen LogP contribution is 2.20. The van der Waals surface area contributed by atoms with Crippen LogP contribution >= 0.6 is 0 Å². The van der Waals surface area contributed by atoms with Crippen molar-refractivity contribution in [2.75, 3.05) is 20.1 Å². The summed E-state index contributed by atoms with van der Waals surface area (Å²) in [5, 5.41) is 7.23. The summed E-state index contributed by atoms with van der Waals surface area (Å²) in [6.45, 7) is 1.79. The molecule has 2 heterocycles. The maximum Gasteiger partial charge on any atom is 0.292 e. The molecule has 3 rings (SSSR count). The van der Waals surface area contributed by atoms with Crippen LogP contribution in [0, 0.1) is 0 Å². The first-order valence-corrected chi connectivity index (χ1v) is 6.76. The molecule has 1 N–H and O–H groups in total. The van der Waals surface area contributed by atoms with Crippen molar-refractivity contribution >= 4 is 5.91 Å². The number of amides is 1. The van der Waals surface area contributed by atoms with Crippen LogP contribution in [-0.2, 0) is 0 Å². The van der Waals surface area contributed by atoms with Crippen molar-refractivity contribution in [3.63, 3.8) is 0 Å². The summed E-state index contributed by atoms with van der Waals surface area (Å²) >= 11 is 0. The van der Waals surface area contributed by atoms with Crippen LogP contribution in [0.3, 0.4) is 0 Å². The molecule has 1 aliphatic rings. The molecule has 1 atom stereocenters. The highest BCUT2D eigenvalue weighted by atomic mass is 16.5. The molecular formula is C15H17N3O2. The first-order chi connectivity index (χ1) is 9.75. The zero-order valence-electron chi connectivity index (χ0n) is 11.4. The van der Waals surface area contributed by atoms with Crippen LogP contribution in [-0.4, -0.2) is 42.1 Å². The lowest BCUT2D eigenvalue weighted by Crippen LogP contribution is -2.38. The van der Waals surface area contributed by atoms with E-state index >= 15 is 0 Å². The molecule has 0 bridgehead atoms. The van der Waals surface area contributed by atoms with E-state index in [1.54, 1.807) is 11.0 Å². The minimum Gasteiger partial charge on any atom is -0.350 e. The number of aromatic nitrogens is 1. The average Bonchev–Trinajstić information content (AvgIpc) is 3.18. The van der Waals surface area contributed by atoms with Gasteiger partial charge in [-0.25, -0.2) is 0 Å². The summed E-state index contributed by atoms with van der Waals surface area (Å²) in [7, 11) is 1.81. The fourth-order valence-corrected chi connectivity index (χ4v) is 2.43. The van der Waals surface area contributed by atoms with Crippen LogP contribution < -0.4 is 5.32 Å². The van der Waals surface area contributed by atoms with Gasteiger partial charge in [0.25, 0.3) is 5.91 Å². The Morgan fingerprint density at radius 1 is 1.40 bits per heavy atom. The molecular weight excluding hydrogens is 254 g/mol. The predicted molar refractivity (Wildman–Crippen MR) is 75.3 cm³/mol. The number of rotatable bonds is 3. The average molecular weight is 271 g/mol. The number of hydrogen-bond acceptors (Lipinski definition) is 4. The zero-order chi connectivity index (χ0) is 13.9. The molecule has 1 aromatic heterocycles. The maximum atomic E-state index is 12.3. The van der Waals surface area contributed by atoms with E-state index in [4.69, 9.17) is 4.52 Å². The third-order valence-electron chi connectivity index (χ3n) is 3.69. The molecule has 0 saturated carbocycles. The van der Waals surface area contributed by atoms with Gasteiger partial charge in [-0.1, -0.05) is 35.5 Å². The van der Waals surface area contributed by atoms with Crippen molar-refractivity contribution in [1.29, 1.82) is 0 Å². The first-order valence-electron chi connectivity index (χ1n) is 6.76. The number of carbonyl (C=O) groups excluding carboxylic acids is 1. The number of nitrogens with zero attached hydrogens (tertiary/aromatic N) is 2. The molecule has 0 aliphatic carbocycles. The van der Waals surface area contributed by atoms with E-state index in [0.717, 1.165) is 25.1 Å². The number of hydrogen-bond donors (Lipinski definition) is 1. The molecule has 2 aromatic rings. The normalized spacial score (nSPS) is 18.1. The lowest BCUT2D eigenvalue weighted by Gasteiger charge is -2.22. The summed E-state index contributed by atoms with van der Waals surface area (Å²) in [5.41, 5.74) is 1.63. The van der Waals surface area contributed by atoms with Crippen molar-refractivity contribution < 1.29 is 9.32 Å².